The van der Waals surface area contributed by atoms with Gasteiger partial charge in [0.1, 0.15) is 0 Å². The first-order valence-corrected chi connectivity index (χ1v) is 5.84. The second-order valence-corrected chi connectivity index (χ2v) is 4.45. The number of hydrogen-bond acceptors (Lipinski definition) is 3. The van der Waals surface area contributed by atoms with E-state index in [0.717, 1.165) is 13.0 Å². The van der Waals surface area contributed by atoms with Crippen LogP contribution in [0.4, 0.5) is 13.2 Å². The van der Waals surface area contributed by atoms with Gasteiger partial charge in [0.05, 0.1) is 12.2 Å². The molecule has 6 heteroatoms. The van der Waals surface area contributed by atoms with E-state index < -0.39 is 18.2 Å². The Kier molecular flexibility index (Phi) is 7.74. The molecule has 0 aromatic rings. The minimum atomic E-state index is -4.13. The van der Waals surface area contributed by atoms with Gasteiger partial charge in [-0.1, -0.05) is 6.92 Å². The van der Waals surface area contributed by atoms with Gasteiger partial charge < -0.3 is 15.2 Å². The summed E-state index contributed by atoms with van der Waals surface area (Å²) in [6.45, 7) is 4.84. The third-order valence-corrected chi connectivity index (χ3v) is 2.09. The first kappa shape index (κ1) is 16.7. The van der Waals surface area contributed by atoms with Gasteiger partial charge in [-0.3, -0.25) is 0 Å². The van der Waals surface area contributed by atoms with E-state index in [-0.39, 0.29) is 19.6 Å². The summed E-state index contributed by atoms with van der Waals surface area (Å²) in [6, 6.07) is 0. The Morgan fingerprint density at radius 2 is 1.94 bits per heavy atom. The van der Waals surface area contributed by atoms with Gasteiger partial charge in [-0.25, -0.2) is 0 Å². The molecule has 0 spiro atoms. The topological polar surface area (TPSA) is 41.5 Å². The second kappa shape index (κ2) is 7.89. The molecular formula is C11H22F3NO2. The van der Waals surface area contributed by atoms with E-state index in [2.05, 4.69) is 5.32 Å². The van der Waals surface area contributed by atoms with Crippen LogP contribution in [-0.2, 0) is 4.74 Å². The molecule has 3 nitrogen and oxygen atoms in total. The third-order valence-electron chi connectivity index (χ3n) is 2.09. The molecular weight excluding hydrogens is 235 g/mol. The second-order valence-electron chi connectivity index (χ2n) is 4.45. The highest BCUT2D eigenvalue weighted by Crippen LogP contribution is 2.21. The van der Waals surface area contributed by atoms with Crippen molar-refractivity contribution in [3.63, 3.8) is 0 Å². The van der Waals surface area contributed by atoms with Crippen LogP contribution in [0.2, 0.25) is 0 Å². The fourth-order valence-electron chi connectivity index (χ4n) is 1.25. The Morgan fingerprint density at radius 1 is 1.29 bits per heavy atom. The average molecular weight is 257 g/mol. The number of hydrogen-bond donors (Lipinski definition) is 2. The summed E-state index contributed by atoms with van der Waals surface area (Å²) in [4.78, 5) is 0. The zero-order valence-electron chi connectivity index (χ0n) is 10.4. The van der Waals surface area contributed by atoms with Crippen LogP contribution in [0.25, 0.3) is 0 Å². The molecule has 0 bridgehead atoms. The molecule has 0 rings (SSSR count). The lowest BCUT2D eigenvalue weighted by Crippen LogP contribution is -2.42. The predicted octanol–water partition coefficient (Wildman–Crippen LogP) is 2.10. The number of alkyl halides is 3. The predicted molar refractivity (Wildman–Crippen MR) is 59.9 cm³/mol. The zero-order chi connectivity index (χ0) is 13.4. The van der Waals surface area contributed by atoms with Crippen molar-refractivity contribution in [1.29, 1.82) is 0 Å². The number of aliphatic hydroxyl groups is 1. The van der Waals surface area contributed by atoms with Crippen molar-refractivity contribution in [1.82, 2.24) is 5.32 Å². The van der Waals surface area contributed by atoms with Crippen molar-refractivity contribution < 1.29 is 23.0 Å². The van der Waals surface area contributed by atoms with Crippen molar-refractivity contribution in [3.8, 4) is 0 Å². The van der Waals surface area contributed by atoms with Crippen molar-refractivity contribution in [3.05, 3.63) is 0 Å². The molecule has 0 aromatic carbocycles. The van der Waals surface area contributed by atoms with E-state index in [4.69, 9.17) is 4.74 Å². The lowest BCUT2D eigenvalue weighted by atomic mass is 10.1. The van der Waals surface area contributed by atoms with Crippen LogP contribution in [0.3, 0.4) is 0 Å². The lowest BCUT2D eigenvalue weighted by molar-refractivity contribution is -0.139. The Morgan fingerprint density at radius 3 is 2.47 bits per heavy atom. The van der Waals surface area contributed by atoms with Gasteiger partial charge in [-0.05, 0) is 26.3 Å². The first-order valence-electron chi connectivity index (χ1n) is 5.84. The molecule has 17 heavy (non-hydrogen) atoms. The highest BCUT2D eigenvalue weighted by atomic mass is 19.4. The minimum absolute atomic E-state index is 0.0173. The SMILES string of the molecule is CCCNCC(C)(O)COCCCC(F)(F)F. The molecule has 0 aliphatic rings. The van der Waals surface area contributed by atoms with Crippen LogP contribution in [0.15, 0.2) is 0 Å². The molecule has 104 valence electrons. The van der Waals surface area contributed by atoms with E-state index in [0.29, 0.717) is 6.54 Å². The lowest BCUT2D eigenvalue weighted by Gasteiger charge is -2.23. The van der Waals surface area contributed by atoms with Gasteiger partial charge in [0, 0.05) is 19.6 Å². The Balaban J connectivity index is 3.51. The number of halogens is 3. The van der Waals surface area contributed by atoms with Crippen molar-refractivity contribution in [2.45, 2.75) is 44.9 Å². The van der Waals surface area contributed by atoms with Crippen LogP contribution < -0.4 is 5.32 Å². The number of nitrogens with one attached hydrogen (secondary N) is 1. The summed E-state index contributed by atoms with van der Waals surface area (Å²) < 4.78 is 40.5. The van der Waals surface area contributed by atoms with Gasteiger partial charge in [0.2, 0.25) is 0 Å². The van der Waals surface area contributed by atoms with Gasteiger partial charge in [-0.15, -0.1) is 0 Å². The number of ether oxygens (including phenoxy) is 1. The van der Waals surface area contributed by atoms with Gasteiger partial charge in [0.25, 0.3) is 0 Å². The van der Waals surface area contributed by atoms with Crippen LogP contribution in [-0.4, -0.2) is 43.2 Å². The summed E-state index contributed by atoms with van der Waals surface area (Å²) in [7, 11) is 0. The molecule has 0 saturated carbocycles. The monoisotopic (exact) mass is 257 g/mol. The standard InChI is InChI=1S/C11H22F3NO2/c1-3-6-15-8-10(2,16)9-17-7-4-5-11(12,13)14/h15-16H,3-9H2,1-2H3. The quantitative estimate of drug-likeness (QED) is 0.621. The van der Waals surface area contributed by atoms with Gasteiger partial charge >= 0.3 is 6.18 Å². The van der Waals surface area contributed by atoms with Gasteiger partial charge in [-0.2, -0.15) is 13.2 Å². The van der Waals surface area contributed by atoms with E-state index in [1.54, 1.807) is 6.92 Å². The van der Waals surface area contributed by atoms with E-state index in [9.17, 15) is 18.3 Å². The molecule has 2 N–H and O–H groups in total. The molecule has 0 amide bonds. The van der Waals surface area contributed by atoms with E-state index in [1.165, 1.54) is 0 Å². The summed E-state index contributed by atoms with van der Waals surface area (Å²) in [6.07, 6.45) is -4.08. The first-order chi connectivity index (χ1) is 7.77. The van der Waals surface area contributed by atoms with Gasteiger partial charge in [0.15, 0.2) is 0 Å². The molecule has 0 aliphatic carbocycles. The largest absolute Gasteiger partial charge is 0.389 e. The Bertz CT molecular complexity index is 196. The fourth-order valence-corrected chi connectivity index (χ4v) is 1.25. The third kappa shape index (κ3) is 11.9. The Hall–Kier alpha value is -0.330. The molecule has 1 unspecified atom stereocenters. The summed E-state index contributed by atoms with van der Waals surface area (Å²) in [5, 5.41) is 12.8. The molecule has 0 radical (unpaired) electrons. The Labute approximate surface area is 100 Å². The maximum Gasteiger partial charge on any atom is 0.389 e. The zero-order valence-corrected chi connectivity index (χ0v) is 10.4. The van der Waals surface area contributed by atoms with Crippen LogP contribution in [0.5, 0.6) is 0 Å². The minimum Gasteiger partial charge on any atom is -0.386 e. The highest BCUT2D eigenvalue weighted by Gasteiger charge is 2.26. The van der Waals surface area contributed by atoms with Crippen molar-refractivity contribution in [2.24, 2.45) is 0 Å². The van der Waals surface area contributed by atoms with Crippen LogP contribution in [0, 0.1) is 0 Å². The highest BCUT2D eigenvalue weighted by molar-refractivity contribution is 4.74. The summed E-state index contributed by atoms with van der Waals surface area (Å²) in [5.74, 6) is 0. The molecule has 0 saturated heterocycles. The average Bonchev–Trinajstić information content (AvgIpc) is 2.15. The summed E-state index contributed by atoms with van der Waals surface area (Å²) >= 11 is 0. The van der Waals surface area contributed by atoms with Crippen molar-refractivity contribution >= 4 is 0 Å². The molecule has 1 atom stereocenters. The summed E-state index contributed by atoms with van der Waals surface area (Å²) in [5.41, 5.74) is -1.03. The molecule has 0 heterocycles. The maximum atomic E-state index is 11.8. The molecule has 0 fully saturated rings. The normalized spacial score (nSPS) is 15.9. The molecule has 0 aromatic heterocycles. The maximum absolute atomic E-state index is 11.8. The smallest absolute Gasteiger partial charge is 0.386 e. The van der Waals surface area contributed by atoms with E-state index >= 15 is 0 Å². The molecule has 0 aliphatic heterocycles. The van der Waals surface area contributed by atoms with Crippen LogP contribution >= 0.6 is 0 Å². The fraction of sp³-hybridized carbons (Fsp3) is 1.00. The van der Waals surface area contributed by atoms with Crippen LogP contribution in [0.1, 0.15) is 33.1 Å². The van der Waals surface area contributed by atoms with E-state index in [1.807, 2.05) is 6.92 Å². The van der Waals surface area contributed by atoms with Crippen molar-refractivity contribution in [2.75, 3.05) is 26.3 Å². The number of rotatable bonds is 9.